The largest absolute Gasteiger partial charge is 0.448 e. The molecule has 0 spiro atoms. The number of hydrogen-bond acceptors (Lipinski definition) is 4. The number of ether oxygens (including phenoxy) is 1. The van der Waals surface area contributed by atoms with Crippen LogP contribution in [0.5, 0.6) is 0 Å². The summed E-state index contributed by atoms with van der Waals surface area (Å²) in [4.78, 5) is 27.4. The van der Waals surface area contributed by atoms with E-state index in [0.29, 0.717) is 5.69 Å². The topological polar surface area (TPSA) is 68.3 Å². The third kappa shape index (κ3) is 4.10. The van der Waals surface area contributed by atoms with Crippen LogP contribution in [0.25, 0.3) is 0 Å². The zero-order chi connectivity index (χ0) is 15.2. The standard InChI is InChI=1S/C15H13FN2O3/c1-10(21-15(20)13-4-2-3-9-17-13)14(19)18-12-7-5-11(16)6-8-12/h2-10H,1H3,(H,18,19)/t10-/m1/s1. The van der Waals surface area contributed by atoms with Crippen LogP contribution in [0, 0.1) is 5.82 Å². The summed E-state index contributed by atoms with van der Waals surface area (Å²) in [5.74, 6) is -1.59. The Hall–Kier alpha value is -2.76. The number of nitrogens with one attached hydrogen (secondary N) is 1. The third-order valence-corrected chi connectivity index (χ3v) is 2.64. The Morgan fingerprint density at radius 3 is 2.52 bits per heavy atom. The summed E-state index contributed by atoms with van der Waals surface area (Å²) < 4.78 is 17.8. The maximum atomic E-state index is 12.8. The summed E-state index contributed by atoms with van der Waals surface area (Å²) >= 11 is 0. The molecule has 0 fully saturated rings. The van der Waals surface area contributed by atoms with Crippen LogP contribution in [0.1, 0.15) is 17.4 Å². The van der Waals surface area contributed by atoms with Gasteiger partial charge < -0.3 is 10.1 Å². The van der Waals surface area contributed by atoms with E-state index < -0.39 is 23.8 Å². The molecular formula is C15H13FN2O3. The predicted octanol–water partition coefficient (Wildman–Crippen LogP) is 2.40. The number of hydrogen-bond donors (Lipinski definition) is 1. The van der Waals surface area contributed by atoms with Crippen molar-refractivity contribution in [3.05, 3.63) is 60.2 Å². The molecule has 1 N–H and O–H groups in total. The number of anilines is 1. The van der Waals surface area contributed by atoms with E-state index in [4.69, 9.17) is 4.74 Å². The quantitative estimate of drug-likeness (QED) is 0.877. The van der Waals surface area contributed by atoms with Gasteiger partial charge in [-0.25, -0.2) is 14.2 Å². The molecule has 0 saturated heterocycles. The van der Waals surface area contributed by atoms with Crippen LogP contribution in [-0.2, 0) is 9.53 Å². The van der Waals surface area contributed by atoms with E-state index in [0.717, 1.165) is 0 Å². The molecule has 108 valence electrons. The molecule has 1 amide bonds. The summed E-state index contributed by atoms with van der Waals surface area (Å²) in [7, 11) is 0. The van der Waals surface area contributed by atoms with Gasteiger partial charge in [0.25, 0.3) is 5.91 Å². The minimum absolute atomic E-state index is 0.124. The fourth-order valence-corrected chi connectivity index (χ4v) is 1.54. The average Bonchev–Trinajstić information content (AvgIpc) is 2.50. The second-order valence-electron chi connectivity index (χ2n) is 4.26. The van der Waals surface area contributed by atoms with Gasteiger partial charge in [-0.05, 0) is 43.3 Å². The number of aromatic nitrogens is 1. The molecule has 0 saturated carbocycles. The molecule has 21 heavy (non-hydrogen) atoms. The van der Waals surface area contributed by atoms with E-state index in [-0.39, 0.29) is 5.69 Å². The number of halogens is 1. The van der Waals surface area contributed by atoms with Gasteiger partial charge in [0.05, 0.1) is 0 Å². The lowest BCUT2D eigenvalue weighted by atomic mass is 10.3. The van der Waals surface area contributed by atoms with Gasteiger partial charge in [-0.15, -0.1) is 0 Å². The van der Waals surface area contributed by atoms with Crippen LogP contribution in [0.15, 0.2) is 48.7 Å². The summed E-state index contributed by atoms with van der Waals surface area (Å²) in [6.07, 6.45) is 0.462. The second-order valence-corrected chi connectivity index (χ2v) is 4.26. The maximum Gasteiger partial charge on any atom is 0.357 e. The molecule has 1 heterocycles. The monoisotopic (exact) mass is 288 g/mol. The van der Waals surface area contributed by atoms with Crippen LogP contribution in [0.3, 0.4) is 0 Å². The highest BCUT2D eigenvalue weighted by atomic mass is 19.1. The van der Waals surface area contributed by atoms with Gasteiger partial charge in [0, 0.05) is 11.9 Å². The Balaban J connectivity index is 1.93. The minimum Gasteiger partial charge on any atom is -0.448 e. The van der Waals surface area contributed by atoms with Crippen molar-refractivity contribution in [2.45, 2.75) is 13.0 Å². The van der Waals surface area contributed by atoms with Crippen molar-refractivity contribution in [2.75, 3.05) is 5.32 Å². The number of esters is 1. The van der Waals surface area contributed by atoms with Gasteiger partial charge >= 0.3 is 5.97 Å². The highest BCUT2D eigenvalue weighted by Gasteiger charge is 2.19. The first kappa shape index (κ1) is 14.6. The van der Waals surface area contributed by atoms with Crippen molar-refractivity contribution < 1.29 is 18.7 Å². The predicted molar refractivity (Wildman–Crippen MR) is 74.1 cm³/mol. The molecule has 0 bridgehead atoms. The molecule has 6 heteroatoms. The zero-order valence-electron chi connectivity index (χ0n) is 11.2. The molecule has 0 radical (unpaired) electrons. The van der Waals surface area contributed by atoms with Crippen molar-refractivity contribution in [3.8, 4) is 0 Å². The average molecular weight is 288 g/mol. The van der Waals surface area contributed by atoms with Crippen LogP contribution in [-0.4, -0.2) is 23.0 Å². The van der Waals surface area contributed by atoms with Crippen LogP contribution < -0.4 is 5.32 Å². The third-order valence-electron chi connectivity index (χ3n) is 2.64. The van der Waals surface area contributed by atoms with Gasteiger partial charge in [0.2, 0.25) is 0 Å². The van der Waals surface area contributed by atoms with Crippen molar-refractivity contribution >= 4 is 17.6 Å². The van der Waals surface area contributed by atoms with E-state index in [1.165, 1.54) is 43.5 Å². The Kier molecular flexibility index (Phi) is 4.61. The fraction of sp³-hybridized carbons (Fsp3) is 0.133. The molecule has 1 atom stereocenters. The number of rotatable bonds is 4. The summed E-state index contributed by atoms with van der Waals surface area (Å²) in [6.45, 7) is 1.44. The number of benzene rings is 1. The molecule has 0 aliphatic heterocycles. The molecule has 2 aromatic rings. The Bertz CT molecular complexity index is 629. The highest BCUT2D eigenvalue weighted by molar-refractivity contribution is 5.96. The number of nitrogens with zero attached hydrogens (tertiary/aromatic N) is 1. The van der Waals surface area contributed by atoms with Gasteiger partial charge in [-0.2, -0.15) is 0 Å². The van der Waals surface area contributed by atoms with E-state index >= 15 is 0 Å². The fourth-order valence-electron chi connectivity index (χ4n) is 1.54. The van der Waals surface area contributed by atoms with E-state index in [9.17, 15) is 14.0 Å². The van der Waals surface area contributed by atoms with E-state index in [1.807, 2.05) is 0 Å². The Labute approximate surface area is 120 Å². The lowest BCUT2D eigenvalue weighted by Crippen LogP contribution is -2.30. The lowest BCUT2D eigenvalue weighted by molar-refractivity contribution is -0.123. The molecule has 2 rings (SSSR count). The molecule has 1 aromatic heterocycles. The van der Waals surface area contributed by atoms with Gasteiger partial charge in [-0.3, -0.25) is 4.79 Å². The molecule has 5 nitrogen and oxygen atoms in total. The summed E-state index contributed by atoms with van der Waals surface area (Å²) in [5.41, 5.74) is 0.543. The smallest absolute Gasteiger partial charge is 0.357 e. The summed E-state index contributed by atoms with van der Waals surface area (Å²) in [5, 5.41) is 2.52. The minimum atomic E-state index is -0.996. The van der Waals surface area contributed by atoms with Crippen molar-refractivity contribution in [2.24, 2.45) is 0 Å². The second kappa shape index (κ2) is 6.60. The van der Waals surface area contributed by atoms with Gasteiger partial charge in [0.1, 0.15) is 11.5 Å². The number of amides is 1. The highest BCUT2D eigenvalue weighted by Crippen LogP contribution is 2.10. The normalized spacial score (nSPS) is 11.5. The van der Waals surface area contributed by atoms with Gasteiger partial charge in [-0.1, -0.05) is 6.07 Å². The number of carbonyl (C=O) groups is 2. The summed E-state index contributed by atoms with van der Waals surface area (Å²) in [6, 6.07) is 10.1. The molecule has 0 aliphatic rings. The van der Waals surface area contributed by atoms with Crippen molar-refractivity contribution in [1.82, 2.24) is 4.98 Å². The van der Waals surface area contributed by atoms with Crippen LogP contribution in [0.4, 0.5) is 10.1 Å². The zero-order valence-corrected chi connectivity index (χ0v) is 11.2. The Morgan fingerprint density at radius 1 is 1.19 bits per heavy atom. The molecule has 0 aliphatic carbocycles. The van der Waals surface area contributed by atoms with Crippen molar-refractivity contribution in [3.63, 3.8) is 0 Å². The SMILES string of the molecule is C[C@@H](OC(=O)c1ccccn1)C(=O)Nc1ccc(F)cc1. The van der Waals surface area contributed by atoms with Crippen LogP contribution in [0.2, 0.25) is 0 Å². The maximum absolute atomic E-state index is 12.8. The van der Waals surface area contributed by atoms with Gasteiger partial charge in [0.15, 0.2) is 6.10 Å². The first-order chi connectivity index (χ1) is 10.1. The molecular weight excluding hydrogens is 275 g/mol. The lowest BCUT2D eigenvalue weighted by Gasteiger charge is -2.13. The van der Waals surface area contributed by atoms with E-state index in [2.05, 4.69) is 10.3 Å². The first-order valence-electron chi connectivity index (χ1n) is 6.24. The number of carbonyl (C=O) groups excluding carboxylic acids is 2. The number of pyridine rings is 1. The molecule has 1 aromatic carbocycles. The van der Waals surface area contributed by atoms with Crippen molar-refractivity contribution in [1.29, 1.82) is 0 Å². The van der Waals surface area contributed by atoms with E-state index in [1.54, 1.807) is 12.1 Å². The van der Waals surface area contributed by atoms with Crippen LogP contribution >= 0.6 is 0 Å². The Morgan fingerprint density at radius 2 is 1.90 bits per heavy atom. The molecule has 0 unspecified atom stereocenters. The first-order valence-corrected chi connectivity index (χ1v) is 6.24.